The van der Waals surface area contributed by atoms with Gasteiger partial charge in [-0.05, 0) is 36.4 Å². The van der Waals surface area contributed by atoms with E-state index in [1.807, 2.05) is 12.1 Å². The maximum Gasteiger partial charge on any atom is 0.171 e. The van der Waals surface area contributed by atoms with Crippen LogP contribution in [0.4, 0.5) is 0 Å². The molecule has 3 N–H and O–H groups in total. The summed E-state index contributed by atoms with van der Waals surface area (Å²) >= 11 is 1.53. The van der Waals surface area contributed by atoms with Crippen LogP contribution in [0.1, 0.15) is 5.56 Å². The van der Waals surface area contributed by atoms with Crippen molar-refractivity contribution in [2.24, 2.45) is 5.73 Å². The van der Waals surface area contributed by atoms with E-state index in [-0.39, 0.29) is 0 Å². The van der Waals surface area contributed by atoms with E-state index in [2.05, 4.69) is 15.0 Å². The number of rotatable bonds is 4. The van der Waals surface area contributed by atoms with Crippen molar-refractivity contribution in [2.45, 2.75) is 16.6 Å². The number of hydrogen-bond acceptors (Lipinski definition) is 4. The van der Waals surface area contributed by atoms with Gasteiger partial charge in [0.2, 0.25) is 0 Å². The minimum atomic E-state index is 0.636. The van der Waals surface area contributed by atoms with Crippen molar-refractivity contribution in [3.8, 4) is 0 Å². The monoisotopic (exact) mass is 220 g/mol. The second kappa shape index (κ2) is 4.95. The first kappa shape index (κ1) is 10.2. The number of aromatic nitrogens is 3. The smallest absolute Gasteiger partial charge is 0.171 e. The highest BCUT2D eigenvalue weighted by Gasteiger charge is 2.05. The lowest BCUT2D eigenvalue weighted by atomic mass is 10.2. The molecule has 0 fully saturated rings. The average Bonchev–Trinajstić information content (AvgIpc) is 2.74. The van der Waals surface area contributed by atoms with Crippen molar-refractivity contribution in [1.29, 1.82) is 0 Å². The third-order valence-electron chi connectivity index (χ3n) is 1.93. The van der Waals surface area contributed by atoms with Gasteiger partial charge in [0.05, 0.1) is 0 Å². The molecule has 0 unspecified atom stereocenters. The number of pyridine rings is 1. The molecule has 0 bridgehead atoms. The summed E-state index contributed by atoms with van der Waals surface area (Å²) in [6.45, 7) is 0.636. The molecule has 0 spiro atoms. The Kier molecular flexibility index (Phi) is 3.37. The van der Waals surface area contributed by atoms with Crippen LogP contribution in [0.5, 0.6) is 0 Å². The zero-order valence-electron chi connectivity index (χ0n) is 8.18. The molecule has 5 heteroatoms. The third kappa shape index (κ3) is 2.57. The molecule has 15 heavy (non-hydrogen) atoms. The summed E-state index contributed by atoms with van der Waals surface area (Å²) in [5, 5.41) is 1.82. The fourth-order valence-corrected chi connectivity index (χ4v) is 2.10. The number of nitrogens with two attached hydrogens (primary N) is 1. The predicted molar refractivity (Wildman–Crippen MR) is 59.7 cm³/mol. The van der Waals surface area contributed by atoms with Gasteiger partial charge in [0.15, 0.2) is 5.16 Å². The van der Waals surface area contributed by atoms with Gasteiger partial charge in [-0.2, -0.15) is 0 Å². The lowest BCUT2D eigenvalue weighted by molar-refractivity contribution is 0.908. The molecule has 0 atom stereocenters. The van der Waals surface area contributed by atoms with Gasteiger partial charge in [-0.1, -0.05) is 6.07 Å². The summed E-state index contributed by atoms with van der Waals surface area (Å²) in [7, 11) is 0. The van der Waals surface area contributed by atoms with E-state index in [1.165, 1.54) is 17.3 Å². The van der Waals surface area contributed by atoms with Crippen molar-refractivity contribution in [3.05, 3.63) is 36.3 Å². The van der Waals surface area contributed by atoms with Crippen LogP contribution in [0.25, 0.3) is 0 Å². The summed E-state index contributed by atoms with van der Waals surface area (Å²) in [5.41, 5.74) is 6.71. The SMILES string of the molecule is NCCc1cccnc1Sc1ncc[nH]1. The van der Waals surface area contributed by atoms with E-state index in [0.29, 0.717) is 6.54 Å². The zero-order chi connectivity index (χ0) is 10.5. The van der Waals surface area contributed by atoms with Crippen LogP contribution in [0.2, 0.25) is 0 Å². The van der Waals surface area contributed by atoms with E-state index in [0.717, 1.165) is 16.6 Å². The molecule has 0 saturated heterocycles. The van der Waals surface area contributed by atoms with Gasteiger partial charge in [0.25, 0.3) is 0 Å². The Morgan fingerprint density at radius 3 is 3.00 bits per heavy atom. The third-order valence-corrected chi connectivity index (χ3v) is 2.91. The van der Waals surface area contributed by atoms with Gasteiger partial charge in [-0.15, -0.1) is 0 Å². The summed E-state index contributed by atoms with van der Waals surface area (Å²) in [4.78, 5) is 11.5. The van der Waals surface area contributed by atoms with Crippen molar-refractivity contribution < 1.29 is 0 Å². The minimum absolute atomic E-state index is 0.636. The van der Waals surface area contributed by atoms with Gasteiger partial charge < -0.3 is 10.7 Å². The van der Waals surface area contributed by atoms with Crippen molar-refractivity contribution in [3.63, 3.8) is 0 Å². The van der Waals surface area contributed by atoms with Crippen LogP contribution in [-0.4, -0.2) is 21.5 Å². The summed E-state index contributed by atoms with van der Waals surface area (Å²) < 4.78 is 0. The average molecular weight is 220 g/mol. The topological polar surface area (TPSA) is 67.6 Å². The Bertz CT molecular complexity index is 413. The number of hydrogen-bond donors (Lipinski definition) is 2. The summed E-state index contributed by atoms with van der Waals surface area (Å²) in [5.74, 6) is 0. The lowest BCUT2D eigenvalue weighted by Crippen LogP contribution is -2.04. The summed E-state index contributed by atoms with van der Waals surface area (Å²) in [6, 6.07) is 3.97. The highest BCUT2D eigenvalue weighted by molar-refractivity contribution is 7.99. The minimum Gasteiger partial charge on any atom is -0.339 e. The van der Waals surface area contributed by atoms with Crippen molar-refractivity contribution in [1.82, 2.24) is 15.0 Å². The highest BCUT2D eigenvalue weighted by Crippen LogP contribution is 2.25. The quantitative estimate of drug-likeness (QED) is 0.818. The fourth-order valence-electron chi connectivity index (χ4n) is 1.26. The lowest BCUT2D eigenvalue weighted by Gasteiger charge is -2.04. The number of H-pyrrole nitrogens is 1. The highest BCUT2D eigenvalue weighted by atomic mass is 32.2. The van der Waals surface area contributed by atoms with Gasteiger partial charge in [0, 0.05) is 18.6 Å². The molecule has 0 aliphatic rings. The molecule has 78 valence electrons. The molecule has 4 nitrogen and oxygen atoms in total. The molecule has 0 saturated carbocycles. The molecule has 2 aromatic heterocycles. The first-order valence-electron chi connectivity index (χ1n) is 4.71. The number of aromatic amines is 1. The van der Waals surface area contributed by atoms with Crippen LogP contribution >= 0.6 is 11.8 Å². The standard InChI is InChI=1S/C10H12N4S/c11-4-3-8-2-1-5-12-9(8)15-10-13-6-7-14-10/h1-2,5-7H,3-4,11H2,(H,13,14). The van der Waals surface area contributed by atoms with E-state index in [4.69, 9.17) is 5.73 Å². The van der Waals surface area contributed by atoms with Gasteiger partial charge in [-0.25, -0.2) is 9.97 Å². The Hall–Kier alpha value is -1.33. The number of nitrogens with zero attached hydrogens (tertiary/aromatic N) is 2. The molecule has 0 radical (unpaired) electrons. The normalized spacial score (nSPS) is 10.5. The molecule has 2 rings (SSSR count). The molecular formula is C10H12N4S. The van der Waals surface area contributed by atoms with Gasteiger partial charge >= 0.3 is 0 Å². The Morgan fingerprint density at radius 2 is 2.27 bits per heavy atom. The van der Waals surface area contributed by atoms with Crippen LogP contribution < -0.4 is 5.73 Å². The Morgan fingerprint density at radius 1 is 1.33 bits per heavy atom. The van der Waals surface area contributed by atoms with Crippen LogP contribution in [-0.2, 0) is 6.42 Å². The van der Waals surface area contributed by atoms with Crippen molar-refractivity contribution >= 4 is 11.8 Å². The molecule has 0 amide bonds. The van der Waals surface area contributed by atoms with E-state index in [9.17, 15) is 0 Å². The Labute approximate surface area is 92.3 Å². The zero-order valence-corrected chi connectivity index (χ0v) is 9.00. The second-order valence-corrected chi connectivity index (χ2v) is 3.98. The first-order valence-corrected chi connectivity index (χ1v) is 5.53. The van der Waals surface area contributed by atoms with E-state index < -0.39 is 0 Å². The van der Waals surface area contributed by atoms with Crippen molar-refractivity contribution in [2.75, 3.05) is 6.54 Å². The summed E-state index contributed by atoms with van der Waals surface area (Å²) in [6.07, 6.45) is 6.16. The van der Waals surface area contributed by atoms with Gasteiger partial charge in [-0.3, -0.25) is 0 Å². The molecule has 2 heterocycles. The maximum absolute atomic E-state index is 5.54. The second-order valence-electron chi connectivity index (χ2n) is 3.00. The largest absolute Gasteiger partial charge is 0.339 e. The molecule has 2 aromatic rings. The van der Waals surface area contributed by atoms with E-state index in [1.54, 1.807) is 18.6 Å². The molecular weight excluding hydrogens is 208 g/mol. The Balaban J connectivity index is 2.20. The molecule has 0 aliphatic heterocycles. The van der Waals surface area contributed by atoms with Crippen LogP contribution in [0, 0.1) is 0 Å². The first-order chi connectivity index (χ1) is 7.40. The van der Waals surface area contributed by atoms with Gasteiger partial charge in [0.1, 0.15) is 5.03 Å². The molecule has 0 aliphatic carbocycles. The maximum atomic E-state index is 5.54. The number of nitrogens with one attached hydrogen (secondary N) is 1. The number of imidazole rings is 1. The van der Waals surface area contributed by atoms with Crippen LogP contribution in [0.15, 0.2) is 40.9 Å². The predicted octanol–water partition coefficient (Wildman–Crippen LogP) is 1.46. The fraction of sp³-hybridized carbons (Fsp3) is 0.200. The van der Waals surface area contributed by atoms with E-state index >= 15 is 0 Å². The molecule has 0 aromatic carbocycles. The van der Waals surface area contributed by atoms with Crippen LogP contribution in [0.3, 0.4) is 0 Å².